The minimum absolute atomic E-state index is 0.0322. The second-order valence-electron chi connectivity index (χ2n) is 11.1. The summed E-state index contributed by atoms with van der Waals surface area (Å²) in [7, 11) is 3.15. The van der Waals surface area contributed by atoms with Gasteiger partial charge in [-0.25, -0.2) is 0 Å². The molecule has 0 spiro atoms. The van der Waals surface area contributed by atoms with Crippen LogP contribution in [-0.4, -0.2) is 30.9 Å². The molecule has 3 aromatic rings. The van der Waals surface area contributed by atoms with Crippen molar-refractivity contribution in [3.8, 4) is 11.5 Å². The van der Waals surface area contributed by atoms with Crippen molar-refractivity contribution in [3.05, 3.63) is 105 Å². The molecule has 0 bridgehead atoms. The highest BCUT2D eigenvalue weighted by atomic mass is 35.5. The van der Waals surface area contributed by atoms with E-state index in [0.717, 1.165) is 11.3 Å². The molecule has 6 nitrogen and oxygen atoms in total. The molecule has 2 aliphatic rings. The topological polar surface area (TPSA) is 82.8 Å². The molecule has 1 heterocycles. The highest BCUT2D eigenvalue weighted by Gasteiger charge is 2.47. The number of halogens is 1. The van der Waals surface area contributed by atoms with E-state index >= 15 is 0 Å². The van der Waals surface area contributed by atoms with E-state index in [1.165, 1.54) is 0 Å². The number of benzene rings is 3. The Bertz CT molecular complexity index is 1570. The van der Waals surface area contributed by atoms with E-state index in [1.54, 1.807) is 43.4 Å². The first kappa shape index (κ1) is 27.5. The molecule has 7 heteroatoms. The number of ether oxygens (including phenoxy) is 2. The zero-order valence-electron chi connectivity index (χ0n) is 23.3. The van der Waals surface area contributed by atoms with Crippen LogP contribution in [-0.2, 0) is 4.79 Å². The van der Waals surface area contributed by atoms with E-state index in [-0.39, 0.29) is 22.8 Å². The maximum absolute atomic E-state index is 14.1. The van der Waals surface area contributed by atoms with Crippen molar-refractivity contribution in [1.29, 1.82) is 5.41 Å². The number of aryl methyl sites for hydroxylation is 1. The Morgan fingerprint density at radius 2 is 1.75 bits per heavy atom. The SMILES string of the molecule is COc1ccc(OC)c([C@@H]2C(=C(O)c3ccccc3)C(=N)N(c3ccc(C)c(Cl)c3)C3=C2C(=O)CC(C)(C)C3)c1. The number of rotatable bonds is 5. The summed E-state index contributed by atoms with van der Waals surface area (Å²) in [5, 5.41) is 22.0. The van der Waals surface area contributed by atoms with Crippen LogP contribution in [0.15, 0.2) is 83.6 Å². The summed E-state index contributed by atoms with van der Waals surface area (Å²) in [4.78, 5) is 15.9. The number of methoxy groups -OCH3 is 2. The van der Waals surface area contributed by atoms with Crippen LogP contribution in [0, 0.1) is 17.7 Å². The molecule has 0 aromatic heterocycles. The van der Waals surface area contributed by atoms with E-state index in [1.807, 2.05) is 49.4 Å². The molecular weight excluding hydrogens is 524 g/mol. The summed E-state index contributed by atoms with van der Waals surface area (Å²) in [6, 6.07) is 20.1. The number of ketones is 1. The number of anilines is 1. The Kier molecular flexibility index (Phi) is 7.23. The normalized spacial score (nSPS) is 19.9. The number of aliphatic hydroxyl groups excluding tert-OH is 1. The van der Waals surface area contributed by atoms with Crippen LogP contribution < -0.4 is 14.4 Å². The number of Topliss-reactive ketones (excluding diaryl/α,β-unsaturated/α-hetero) is 1. The first-order valence-corrected chi connectivity index (χ1v) is 13.6. The zero-order chi connectivity index (χ0) is 28.8. The number of allylic oxidation sites excluding steroid dienone is 2. The lowest BCUT2D eigenvalue weighted by Gasteiger charge is -2.45. The zero-order valence-corrected chi connectivity index (χ0v) is 24.1. The van der Waals surface area contributed by atoms with Crippen LogP contribution >= 0.6 is 11.6 Å². The van der Waals surface area contributed by atoms with Gasteiger partial charge in [-0.15, -0.1) is 0 Å². The average Bonchev–Trinajstić information content (AvgIpc) is 2.93. The van der Waals surface area contributed by atoms with E-state index in [0.29, 0.717) is 57.3 Å². The monoisotopic (exact) mass is 556 g/mol. The number of nitrogens with one attached hydrogen (secondary N) is 1. The molecule has 206 valence electrons. The van der Waals surface area contributed by atoms with Gasteiger partial charge in [0, 0.05) is 45.1 Å². The summed E-state index contributed by atoms with van der Waals surface area (Å²) in [6.45, 7) is 6.04. The van der Waals surface area contributed by atoms with Gasteiger partial charge in [-0.2, -0.15) is 0 Å². The molecule has 1 aliphatic carbocycles. The Hall–Kier alpha value is -4.03. The van der Waals surface area contributed by atoms with Crippen LogP contribution in [0.5, 0.6) is 11.5 Å². The molecule has 3 aromatic carbocycles. The summed E-state index contributed by atoms with van der Waals surface area (Å²) >= 11 is 6.56. The Morgan fingerprint density at radius 1 is 1.02 bits per heavy atom. The maximum Gasteiger partial charge on any atom is 0.162 e. The molecule has 5 rings (SSSR count). The van der Waals surface area contributed by atoms with Crippen molar-refractivity contribution in [2.24, 2.45) is 5.41 Å². The van der Waals surface area contributed by atoms with Crippen molar-refractivity contribution in [3.63, 3.8) is 0 Å². The quantitative estimate of drug-likeness (QED) is 0.312. The van der Waals surface area contributed by atoms with E-state index < -0.39 is 5.92 Å². The standard InChI is InChI=1S/C33H33ClN2O4/c1-19-11-12-21(15-24(19)34)36-25-17-33(2,3)18-26(37)29(25)28(23-16-22(39-4)13-14-27(23)40-5)30(32(36)35)31(38)20-9-7-6-8-10-20/h6-16,28,35,38H,17-18H2,1-5H3/t28-/m0/s1. The van der Waals surface area contributed by atoms with Crippen molar-refractivity contribution in [1.82, 2.24) is 0 Å². The molecule has 2 N–H and O–H groups in total. The first-order valence-electron chi connectivity index (χ1n) is 13.2. The number of hydrogen-bond acceptors (Lipinski definition) is 5. The lowest BCUT2D eigenvalue weighted by molar-refractivity contribution is -0.118. The van der Waals surface area contributed by atoms with Gasteiger partial charge in [0.25, 0.3) is 0 Å². The summed E-state index contributed by atoms with van der Waals surface area (Å²) < 4.78 is 11.3. The molecule has 0 amide bonds. The highest BCUT2D eigenvalue weighted by Crippen LogP contribution is 2.53. The van der Waals surface area contributed by atoms with Gasteiger partial charge in [-0.05, 0) is 54.7 Å². The lowest BCUT2D eigenvalue weighted by Crippen LogP contribution is -2.45. The Labute approximate surface area is 240 Å². The smallest absolute Gasteiger partial charge is 0.162 e. The second kappa shape index (κ2) is 10.5. The van der Waals surface area contributed by atoms with E-state index in [9.17, 15) is 15.3 Å². The van der Waals surface area contributed by atoms with Gasteiger partial charge in [-0.1, -0.05) is 61.8 Å². The van der Waals surface area contributed by atoms with Crippen molar-refractivity contribution < 1.29 is 19.4 Å². The molecule has 0 fully saturated rings. The molecule has 40 heavy (non-hydrogen) atoms. The lowest BCUT2D eigenvalue weighted by atomic mass is 9.67. The number of nitrogens with zero attached hydrogens (tertiary/aromatic N) is 1. The highest BCUT2D eigenvalue weighted by molar-refractivity contribution is 6.32. The number of hydrogen-bond donors (Lipinski definition) is 2. The fourth-order valence-electron chi connectivity index (χ4n) is 5.75. The predicted molar refractivity (Wildman–Crippen MR) is 160 cm³/mol. The Balaban J connectivity index is 1.90. The van der Waals surface area contributed by atoms with E-state index in [4.69, 9.17) is 21.1 Å². The Morgan fingerprint density at radius 3 is 2.40 bits per heavy atom. The van der Waals surface area contributed by atoms with Crippen LogP contribution in [0.25, 0.3) is 5.76 Å². The summed E-state index contributed by atoms with van der Waals surface area (Å²) in [6.07, 6.45) is 0.897. The second-order valence-corrected chi connectivity index (χ2v) is 11.5. The van der Waals surface area contributed by atoms with Crippen LogP contribution in [0.1, 0.15) is 49.3 Å². The molecule has 0 saturated heterocycles. The van der Waals surface area contributed by atoms with Crippen molar-refractivity contribution >= 4 is 34.7 Å². The van der Waals surface area contributed by atoms with Gasteiger partial charge in [0.15, 0.2) is 5.78 Å². The predicted octanol–water partition coefficient (Wildman–Crippen LogP) is 7.86. The van der Waals surface area contributed by atoms with Crippen LogP contribution in [0.2, 0.25) is 5.02 Å². The number of carbonyl (C=O) groups excluding carboxylic acids is 1. The summed E-state index contributed by atoms with van der Waals surface area (Å²) in [5.41, 5.74) is 4.00. The third-order valence-corrected chi connectivity index (χ3v) is 8.09. The van der Waals surface area contributed by atoms with Crippen molar-refractivity contribution in [2.75, 3.05) is 19.1 Å². The molecule has 0 saturated carbocycles. The van der Waals surface area contributed by atoms with Crippen molar-refractivity contribution in [2.45, 2.75) is 39.5 Å². The third kappa shape index (κ3) is 4.77. The van der Waals surface area contributed by atoms with Gasteiger partial charge in [-0.3, -0.25) is 15.1 Å². The van der Waals surface area contributed by atoms with Gasteiger partial charge < -0.3 is 14.6 Å². The van der Waals surface area contributed by atoms with E-state index in [2.05, 4.69) is 13.8 Å². The van der Waals surface area contributed by atoms with Gasteiger partial charge >= 0.3 is 0 Å². The minimum atomic E-state index is -0.756. The molecule has 0 radical (unpaired) electrons. The van der Waals surface area contributed by atoms with Gasteiger partial charge in [0.1, 0.15) is 23.1 Å². The fraction of sp³-hybridized carbons (Fsp3) is 0.273. The molecule has 1 aliphatic heterocycles. The number of carbonyl (C=O) groups is 1. The maximum atomic E-state index is 14.1. The third-order valence-electron chi connectivity index (χ3n) is 7.69. The van der Waals surface area contributed by atoms with Crippen LogP contribution in [0.3, 0.4) is 0 Å². The fourth-order valence-corrected chi connectivity index (χ4v) is 5.92. The molecular formula is C33H33ClN2O4. The van der Waals surface area contributed by atoms with Gasteiger partial charge in [0.05, 0.1) is 20.1 Å². The molecule has 1 atom stereocenters. The minimum Gasteiger partial charge on any atom is -0.507 e. The number of aliphatic hydroxyl groups is 1. The van der Waals surface area contributed by atoms with Gasteiger partial charge in [0.2, 0.25) is 0 Å². The molecule has 0 unspecified atom stereocenters. The largest absolute Gasteiger partial charge is 0.507 e. The summed E-state index contributed by atoms with van der Waals surface area (Å²) in [5.74, 6) is 0.324. The van der Waals surface area contributed by atoms with Crippen LogP contribution in [0.4, 0.5) is 5.69 Å². The average molecular weight is 557 g/mol. The number of amidine groups is 1. The first-order chi connectivity index (χ1) is 19.1.